The number of rotatable bonds is 3. The quantitative estimate of drug-likeness (QED) is 0.780. The van der Waals surface area contributed by atoms with Crippen molar-refractivity contribution in [2.75, 3.05) is 0 Å². The number of carbonyl (C=O) groups excluding carboxylic acids is 1. The van der Waals surface area contributed by atoms with Gasteiger partial charge in [0.05, 0.1) is 0 Å². The summed E-state index contributed by atoms with van der Waals surface area (Å²) in [5, 5.41) is 0. The molecule has 3 nitrogen and oxygen atoms in total. The first-order valence-corrected chi connectivity index (χ1v) is 5.78. The molecule has 0 saturated carbocycles. The number of halogens is 4. The molecule has 0 bridgehead atoms. The lowest BCUT2D eigenvalue weighted by atomic mass is 10.1. The van der Waals surface area contributed by atoms with Crippen LogP contribution in [0.5, 0.6) is 5.75 Å². The van der Waals surface area contributed by atoms with E-state index < -0.39 is 6.36 Å². The van der Waals surface area contributed by atoms with E-state index in [1.165, 1.54) is 24.3 Å². The minimum Gasteiger partial charge on any atom is -0.453 e. The van der Waals surface area contributed by atoms with Crippen LogP contribution in [0.15, 0.2) is 39.2 Å². The molecule has 0 N–H and O–H groups in total. The second-order valence-electron chi connectivity index (χ2n) is 3.54. The predicted molar refractivity (Wildman–Crippen MR) is 63.9 cm³/mol. The molecular formula is C12H6BrF3O3. The average Bonchev–Trinajstić information content (AvgIpc) is 2.74. The lowest BCUT2D eigenvalue weighted by Crippen LogP contribution is -2.17. The molecule has 0 radical (unpaired) electrons. The molecule has 2 rings (SSSR count). The highest BCUT2D eigenvalue weighted by molar-refractivity contribution is 9.10. The Morgan fingerprint density at radius 3 is 2.53 bits per heavy atom. The van der Waals surface area contributed by atoms with Crippen LogP contribution in [0.25, 0.3) is 11.3 Å². The van der Waals surface area contributed by atoms with Gasteiger partial charge in [0.15, 0.2) is 12.0 Å². The molecule has 1 aromatic heterocycles. The van der Waals surface area contributed by atoms with Crippen molar-refractivity contribution in [3.8, 4) is 17.1 Å². The Balaban J connectivity index is 2.38. The summed E-state index contributed by atoms with van der Waals surface area (Å²) in [6.07, 6.45) is -4.26. The second-order valence-corrected chi connectivity index (χ2v) is 4.46. The normalized spacial score (nSPS) is 11.4. The van der Waals surface area contributed by atoms with Crippen LogP contribution in [-0.2, 0) is 0 Å². The van der Waals surface area contributed by atoms with Gasteiger partial charge in [-0.05, 0) is 30.3 Å². The zero-order chi connectivity index (χ0) is 14.0. The Bertz CT molecular complexity index is 605. The van der Waals surface area contributed by atoms with Crippen LogP contribution < -0.4 is 4.74 Å². The van der Waals surface area contributed by atoms with Gasteiger partial charge in [-0.25, -0.2) is 0 Å². The molecule has 0 amide bonds. The standard InChI is InChI=1S/C12H6BrF3O3/c13-8-3-7(11-2-1-9(6-17)18-11)4-10(5-8)19-12(14,15)16/h1-6H. The third-order valence-corrected chi connectivity index (χ3v) is 2.59. The summed E-state index contributed by atoms with van der Waals surface area (Å²) in [4.78, 5) is 10.5. The Hall–Kier alpha value is -1.76. The largest absolute Gasteiger partial charge is 0.573 e. The van der Waals surface area contributed by atoms with Crippen molar-refractivity contribution >= 4 is 22.2 Å². The first-order chi connectivity index (χ1) is 8.87. The minimum absolute atomic E-state index is 0.0910. The van der Waals surface area contributed by atoms with Gasteiger partial charge in [0.2, 0.25) is 0 Å². The Kier molecular flexibility index (Phi) is 3.66. The maximum absolute atomic E-state index is 12.2. The molecule has 0 fully saturated rings. The van der Waals surface area contributed by atoms with Crippen LogP contribution in [0.1, 0.15) is 10.6 Å². The van der Waals surface area contributed by atoms with Gasteiger partial charge in [0.1, 0.15) is 11.5 Å². The summed E-state index contributed by atoms with van der Waals surface area (Å²) >= 11 is 3.08. The fourth-order valence-corrected chi connectivity index (χ4v) is 1.94. The highest BCUT2D eigenvalue weighted by atomic mass is 79.9. The van der Waals surface area contributed by atoms with Crippen molar-refractivity contribution in [2.45, 2.75) is 6.36 Å². The second kappa shape index (κ2) is 5.08. The number of ether oxygens (including phenoxy) is 1. The van der Waals surface area contributed by atoms with Gasteiger partial charge >= 0.3 is 6.36 Å². The van der Waals surface area contributed by atoms with E-state index in [1.54, 1.807) is 6.07 Å². The molecule has 2 aromatic rings. The summed E-state index contributed by atoms with van der Waals surface area (Å²) in [6, 6.07) is 6.82. The van der Waals surface area contributed by atoms with Crippen LogP contribution in [0.4, 0.5) is 13.2 Å². The van der Waals surface area contributed by atoms with E-state index in [-0.39, 0.29) is 17.3 Å². The van der Waals surface area contributed by atoms with E-state index in [0.29, 0.717) is 16.3 Å². The van der Waals surface area contributed by atoms with E-state index in [9.17, 15) is 18.0 Å². The van der Waals surface area contributed by atoms with Crippen molar-refractivity contribution in [1.82, 2.24) is 0 Å². The zero-order valence-corrected chi connectivity index (χ0v) is 10.8. The SMILES string of the molecule is O=Cc1ccc(-c2cc(Br)cc(OC(F)(F)F)c2)o1. The third-order valence-electron chi connectivity index (χ3n) is 2.13. The molecule has 0 aliphatic rings. The molecule has 0 saturated heterocycles. The van der Waals surface area contributed by atoms with Crippen molar-refractivity contribution in [3.05, 3.63) is 40.6 Å². The van der Waals surface area contributed by atoms with E-state index in [4.69, 9.17) is 4.42 Å². The van der Waals surface area contributed by atoms with Gasteiger partial charge in [-0.2, -0.15) is 0 Å². The van der Waals surface area contributed by atoms with Gasteiger partial charge < -0.3 is 9.15 Å². The molecule has 1 aromatic carbocycles. The lowest BCUT2D eigenvalue weighted by Gasteiger charge is -2.10. The van der Waals surface area contributed by atoms with Crippen molar-refractivity contribution in [1.29, 1.82) is 0 Å². The van der Waals surface area contributed by atoms with Crippen molar-refractivity contribution < 1.29 is 27.1 Å². The van der Waals surface area contributed by atoms with Crippen LogP contribution in [0.2, 0.25) is 0 Å². The summed E-state index contributed by atoms with van der Waals surface area (Å²) in [6.45, 7) is 0. The molecule has 0 aliphatic heterocycles. The summed E-state index contributed by atoms with van der Waals surface area (Å²) < 4.78 is 45.8. The fraction of sp³-hybridized carbons (Fsp3) is 0.0833. The van der Waals surface area contributed by atoms with E-state index in [1.807, 2.05) is 0 Å². The summed E-state index contributed by atoms with van der Waals surface area (Å²) in [5.41, 5.74) is 0.363. The monoisotopic (exact) mass is 334 g/mol. The summed E-state index contributed by atoms with van der Waals surface area (Å²) in [7, 11) is 0. The number of benzene rings is 1. The van der Waals surface area contributed by atoms with Gasteiger partial charge in [0.25, 0.3) is 0 Å². The Morgan fingerprint density at radius 2 is 1.95 bits per heavy atom. The molecule has 19 heavy (non-hydrogen) atoms. The molecule has 1 heterocycles. The van der Waals surface area contributed by atoms with Crippen LogP contribution in [0, 0.1) is 0 Å². The topological polar surface area (TPSA) is 39.4 Å². The minimum atomic E-state index is -4.77. The van der Waals surface area contributed by atoms with Crippen molar-refractivity contribution in [3.63, 3.8) is 0 Å². The Morgan fingerprint density at radius 1 is 1.21 bits per heavy atom. The first-order valence-electron chi connectivity index (χ1n) is 4.99. The highest BCUT2D eigenvalue weighted by Gasteiger charge is 2.31. The molecule has 0 unspecified atom stereocenters. The van der Waals surface area contributed by atoms with Crippen LogP contribution in [-0.4, -0.2) is 12.6 Å². The molecule has 0 aliphatic carbocycles. The van der Waals surface area contributed by atoms with E-state index in [0.717, 1.165) is 0 Å². The van der Waals surface area contributed by atoms with E-state index >= 15 is 0 Å². The van der Waals surface area contributed by atoms with E-state index in [2.05, 4.69) is 20.7 Å². The van der Waals surface area contributed by atoms with Crippen LogP contribution in [0.3, 0.4) is 0 Å². The number of hydrogen-bond acceptors (Lipinski definition) is 3. The molecule has 0 atom stereocenters. The molecular weight excluding hydrogens is 329 g/mol. The maximum atomic E-state index is 12.2. The lowest BCUT2D eigenvalue weighted by molar-refractivity contribution is -0.274. The summed E-state index contributed by atoms with van der Waals surface area (Å²) in [5.74, 6) is -0.00961. The number of carbonyl (C=O) groups is 1. The number of furan rings is 1. The zero-order valence-electron chi connectivity index (χ0n) is 9.20. The average molecular weight is 335 g/mol. The number of aldehydes is 1. The first kappa shape index (κ1) is 13.7. The third kappa shape index (κ3) is 3.60. The Labute approximate surface area is 114 Å². The smallest absolute Gasteiger partial charge is 0.453 e. The maximum Gasteiger partial charge on any atom is 0.573 e. The predicted octanol–water partition coefficient (Wildman–Crippen LogP) is 4.42. The van der Waals surface area contributed by atoms with Crippen LogP contribution >= 0.6 is 15.9 Å². The van der Waals surface area contributed by atoms with Gasteiger partial charge in [0, 0.05) is 10.0 Å². The molecule has 0 spiro atoms. The molecule has 100 valence electrons. The number of alkyl halides is 3. The van der Waals surface area contributed by atoms with Crippen molar-refractivity contribution in [2.24, 2.45) is 0 Å². The fourth-order valence-electron chi connectivity index (χ4n) is 1.47. The van der Waals surface area contributed by atoms with Gasteiger partial charge in [-0.1, -0.05) is 15.9 Å². The van der Waals surface area contributed by atoms with Gasteiger partial charge in [-0.15, -0.1) is 13.2 Å². The van der Waals surface area contributed by atoms with Gasteiger partial charge in [-0.3, -0.25) is 4.79 Å². The molecule has 7 heteroatoms. The number of hydrogen-bond donors (Lipinski definition) is 0. The highest BCUT2D eigenvalue weighted by Crippen LogP contribution is 2.32.